The van der Waals surface area contributed by atoms with Crippen LogP contribution in [0.25, 0.3) is 17.0 Å². The van der Waals surface area contributed by atoms with Crippen LogP contribution in [0.1, 0.15) is 48.8 Å². The first kappa shape index (κ1) is 20.6. The molecule has 1 fully saturated rings. The Morgan fingerprint density at radius 2 is 2.03 bits per heavy atom. The van der Waals surface area contributed by atoms with Gasteiger partial charge in [-0.2, -0.15) is 9.61 Å². The summed E-state index contributed by atoms with van der Waals surface area (Å²) in [4.78, 5) is 11.4. The van der Waals surface area contributed by atoms with Gasteiger partial charge in [0.1, 0.15) is 23.0 Å². The molecule has 5 heterocycles. The van der Waals surface area contributed by atoms with Crippen molar-refractivity contribution < 1.29 is 9.63 Å². The Labute approximate surface area is 186 Å². The van der Waals surface area contributed by atoms with E-state index in [-0.39, 0.29) is 0 Å². The fourth-order valence-corrected chi connectivity index (χ4v) is 4.74. The van der Waals surface area contributed by atoms with Gasteiger partial charge in [-0.05, 0) is 45.6 Å². The average molecular weight is 433 g/mol. The van der Waals surface area contributed by atoms with Crippen molar-refractivity contribution in [2.45, 2.75) is 52.1 Å². The Morgan fingerprint density at radius 3 is 2.75 bits per heavy atom. The molecule has 1 unspecified atom stereocenters. The molecule has 8 heteroatoms. The minimum atomic E-state index is -0.871. The number of fused-ring (bicyclic) bond motifs is 1. The fourth-order valence-electron chi connectivity index (χ4n) is 4.74. The average Bonchev–Trinajstić information content (AvgIpc) is 3.36. The number of hydrogen-bond acceptors (Lipinski definition) is 7. The van der Waals surface area contributed by atoms with Crippen molar-refractivity contribution >= 4 is 11.5 Å². The fraction of sp³-hybridized carbons (Fsp3) is 0.417. The minimum Gasteiger partial charge on any atom is -0.385 e. The van der Waals surface area contributed by atoms with Gasteiger partial charge in [-0.1, -0.05) is 18.1 Å². The first-order valence-electron chi connectivity index (χ1n) is 11.2. The van der Waals surface area contributed by atoms with E-state index < -0.39 is 5.60 Å². The monoisotopic (exact) mass is 432 g/mol. The molecule has 1 saturated heterocycles. The number of aliphatic hydroxyl groups is 1. The Morgan fingerprint density at radius 1 is 1.16 bits per heavy atom. The Kier molecular flexibility index (Phi) is 5.17. The predicted molar refractivity (Wildman–Crippen MR) is 122 cm³/mol. The van der Waals surface area contributed by atoms with Crippen molar-refractivity contribution in [3.05, 3.63) is 59.2 Å². The molecule has 32 heavy (non-hydrogen) atoms. The third kappa shape index (κ3) is 3.54. The number of hydrogen-bond donors (Lipinski definition) is 1. The van der Waals surface area contributed by atoms with Gasteiger partial charge >= 0.3 is 0 Å². The lowest BCUT2D eigenvalue weighted by atomic mass is 9.88. The third-order valence-electron chi connectivity index (χ3n) is 6.44. The predicted octanol–water partition coefficient (Wildman–Crippen LogP) is 3.84. The molecule has 0 aliphatic carbocycles. The highest BCUT2D eigenvalue weighted by Gasteiger charge is 2.33. The molecule has 1 aliphatic heterocycles. The molecule has 8 nitrogen and oxygen atoms in total. The molecule has 0 aromatic carbocycles. The van der Waals surface area contributed by atoms with E-state index >= 15 is 0 Å². The zero-order valence-electron chi connectivity index (χ0n) is 18.7. The summed E-state index contributed by atoms with van der Waals surface area (Å²) >= 11 is 0. The first-order valence-corrected chi connectivity index (χ1v) is 11.2. The van der Waals surface area contributed by atoms with Gasteiger partial charge in [0.25, 0.3) is 0 Å². The highest BCUT2D eigenvalue weighted by molar-refractivity contribution is 5.65. The summed E-state index contributed by atoms with van der Waals surface area (Å²) in [5, 5.41) is 20.4. The van der Waals surface area contributed by atoms with Crippen LogP contribution >= 0.6 is 0 Å². The van der Waals surface area contributed by atoms with Crippen LogP contribution in [0.3, 0.4) is 0 Å². The van der Waals surface area contributed by atoms with E-state index in [0.29, 0.717) is 18.5 Å². The Balaban J connectivity index is 1.56. The second-order valence-corrected chi connectivity index (χ2v) is 8.59. The molecule has 0 radical (unpaired) electrons. The van der Waals surface area contributed by atoms with Crippen LogP contribution in [0.5, 0.6) is 0 Å². The lowest BCUT2D eigenvalue weighted by molar-refractivity contribution is 0.0241. The van der Waals surface area contributed by atoms with Crippen LogP contribution in [-0.2, 0) is 12.0 Å². The van der Waals surface area contributed by atoms with Crippen LogP contribution in [0.4, 0.5) is 5.82 Å². The molecule has 1 N–H and O–H groups in total. The summed E-state index contributed by atoms with van der Waals surface area (Å²) < 4.78 is 7.18. The van der Waals surface area contributed by atoms with Gasteiger partial charge in [0, 0.05) is 54.4 Å². The van der Waals surface area contributed by atoms with Gasteiger partial charge in [-0.25, -0.2) is 4.98 Å². The van der Waals surface area contributed by atoms with Crippen LogP contribution in [0.15, 0.2) is 41.2 Å². The summed E-state index contributed by atoms with van der Waals surface area (Å²) in [5.74, 6) is 1.80. The van der Waals surface area contributed by atoms with Crippen LogP contribution in [0, 0.1) is 13.8 Å². The summed E-state index contributed by atoms with van der Waals surface area (Å²) in [6, 6.07) is 7.69. The summed E-state index contributed by atoms with van der Waals surface area (Å²) in [5.41, 5.74) is 4.43. The summed E-state index contributed by atoms with van der Waals surface area (Å²) in [7, 11) is 0. The van der Waals surface area contributed by atoms with Gasteiger partial charge in [-0.3, -0.25) is 4.98 Å². The quantitative estimate of drug-likeness (QED) is 0.524. The Bertz CT molecular complexity index is 1250. The van der Waals surface area contributed by atoms with Crippen molar-refractivity contribution in [3.8, 4) is 11.4 Å². The normalized spacial score (nSPS) is 19.4. The number of aryl methyl sites for hydroxylation is 2. The van der Waals surface area contributed by atoms with E-state index in [1.165, 1.54) is 5.56 Å². The van der Waals surface area contributed by atoms with E-state index in [1.54, 1.807) is 12.4 Å². The van der Waals surface area contributed by atoms with Crippen LogP contribution < -0.4 is 4.90 Å². The maximum atomic E-state index is 11.4. The molecule has 0 spiro atoms. The largest absolute Gasteiger partial charge is 0.385 e. The molecule has 1 aliphatic rings. The molecule has 4 aromatic heterocycles. The van der Waals surface area contributed by atoms with Crippen molar-refractivity contribution in [2.75, 3.05) is 18.0 Å². The molecular formula is C24H28N6O2. The van der Waals surface area contributed by atoms with Crippen molar-refractivity contribution in [1.82, 2.24) is 24.7 Å². The molecule has 0 saturated carbocycles. The molecule has 0 amide bonds. The molecular weight excluding hydrogens is 404 g/mol. The van der Waals surface area contributed by atoms with Crippen LogP contribution in [0.2, 0.25) is 0 Å². The molecule has 0 bridgehead atoms. The van der Waals surface area contributed by atoms with E-state index in [2.05, 4.69) is 28.9 Å². The van der Waals surface area contributed by atoms with E-state index in [0.717, 1.165) is 60.1 Å². The highest BCUT2D eigenvalue weighted by atomic mass is 16.5. The maximum absolute atomic E-state index is 11.4. The number of anilines is 1. The molecule has 166 valence electrons. The second kappa shape index (κ2) is 8.02. The zero-order chi connectivity index (χ0) is 22.3. The molecule has 1 atom stereocenters. The lowest BCUT2D eigenvalue weighted by Crippen LogP contribution is -2.31. The standard InChI is InChI=1S/C24H28N6O2/c1-4-19-17(3)26-22-14-20(21-13-16(2)32-28-21)27-30(22)23(19)29-11-6-8-24(31,9-12-29)18-7-5-10-25-15-18/h5,7,10,13-15,31H,4,6,8-9,11-12H2,1-3H3. The first-order chi connectivity index (χ1) is 15.5. The minimum absolute atomic E-state index is 0.626. The van der Waals surface area contributed by atoms with Crippen LogP contribution in [-0.4, -0.2) is 42.9 Å². The number of aromatic nitrogens is 5. The second-order valence-electron chi connectivity index (χ2n) is 8.59. The smallest absolute Gasteiger partial charge is 0.158 e. The number of nitrogens with zero attached hydrogens (tertiary/aromatic N) is 6. The zero-order valence-corrected chi connectivity index (χ0v) is 18.7. The maximum Gasteiger partial charge on any atom is 0.158 e. The molecule has 4 aromatic rings. The van der Waals surface area contributed by atoms with Gasteiger partial charge < -0.3 is 14.5 Å². The number of pyridine rings is 1. The molecule has 5 rings (SSSR count). The summed E-state index contributed by atoms with van der Waals surface area (Å²) in [6.45, 7) is 7.63. The number of rotatable bonds is 4. The SMILES string of the molecule is CCc1c(C)nc2cc(-c3cc(C)on3)nn2c1N1CCCC(O)(c2cccnc2)CC1. The summed E-state index contributed by atoms with van der Waals surface area (Å²) in [6.07, 6.45) is 6.57. The van der Waals surface area contributed by atoms with Gasteiger partial charge in [0.2, 0.25) is 0 Å². The van der Waals surface area contributed by atoms with Gasteiger partial charge in [0.15, 0.2) is 5.65 Å². The van der Waals surface area contributed by atoms with E-state index in [9.17, 15) is 5.11 Å². The van der Waals surface area contributed by atoms with Gasteiger partial charge in [-0.15, -0.1) is 0 Å². The van der Waals surface area contributed by atoms with Crippen molar-refractivity contribution in [2.24, 2.45) is 0 Å². The van der Waals surface area contributed by atoms with Crippen molar-refractivity contribution in [1.29, 1.82) is 0 Å². The van der Waals surface area contributed by atoms with E-state index in [1.807, 2.05) is 35.7 Å². The Hall–Kier alpha value is -3.26. The highest BCUT2D eigenvalue weighted by Crippen LogP contribution is 2.35. The lowest BCUT2D eigenvalue weighted by Gasteiger charge is -2.29. The van der Waals surface area contributed by atoms with E-state index in [4.69, 9.17) is 14.6 Å². The van der Waals surface area contributed by atoms with Crippen molar-refractivity contribution in [3.63, 3.8) is 0 Å². The van der Waals surface area contributed by atoms with Gasteiger partial charge in [0.05, 0.1) is 5.60 Å². The third-order valence-corrected chi connectivity index (χ3v) is 6.44. The topological polar surface area (TPSA) is 92.6 Å².